The van der Waals surface area contributed by atoms with Crippen LogP contribution < -0.4 is 10.6 Å². The number of nitrogens with zero attached hydrogens (tertiary/aromatic N) is 1. The van der Waals surface area contributed by atoms with Gasteiger partial charge in [0.2, 0.25) is 5.91 Å². The topological polar surface area (TPSA) is 44.4 Å². The number of amides is 1. The normalized spacial score (nSPS) is 18.6. The summed E-state index contributed by atoms with van der Waals surface area (Å²) >= 11 is 0. The first-order valence-electron chi connectivity index (χ1n) is 6.89. The first-order chi connectivity index (χ1) is 9.17. The Morgan fingerprint density at radius 3 is 2.65 bits per heavy atom. The van der Waals surface area contributed by atoms with Crippen LogP contribution in [-0.4, -0.2) is 43.5 Å². The Morgan fingerprint density at radius 2 is 2.05 bits per heavy atom. The number of nitrogens with one attached hydrogen (secondary N) is 2. The summed E-state index contributed by atoms with van der Waals surface area (Å²) in [7, 11) is 1.98. The van der Waals surface area contributed by atoms with Gasteiger partial charge in [-0.3, -0.25) is 9.69 Å². The molecule has 1 heterocycles. The summed E-state index contributed by atoms with van der Waals surface area (Å²) in [5.41, 5.74) is 2.39. The summed E-state index contributed by atoms with van der Waals surface area (Å²) in [5.74, 6) is 0.109. The van der Waals surface area contributed by atoms with Crippen molar-refractivity contribution in [2.75, 3.05) is 26.7 Å². The summed E-state index contributed by atoms with van der Waals surface area (Å²) in [6, 6.07) is 8.79. The van der Waals surface area contributed by atoms with E-state index in [-0.39, 0.29) is 18.3 Å². The van der Waals surface area contributed by atoms with Gasteiger partial charge in [-0.2, -0.15) is 0 Å². The highest BCUT2D eigenvalue weighted by atomic mass is 35.5. The smallest absolute Gasteiger partial charge is 0.234 e. The molecule has 1 aromatic carbocycles. The Morgan fingerprint density at radius 1 is 1.35 bits per heavy atom. The molecule has 2 rings (SSSR count). The lowest BCUT2D eigenvalue weighted by Gasteiger charge is -2.15. The zero-order valence-electron chi connectivity index (χ0n) is 12.2. The van der Waals surface area contributed by atoms with Gasteiger partial charge in [0.25, 0.3) is 0 Å². The lowest BCUT2D eigenvalue weighted by molar-refractivity contribution is -0.122. The molecule has 0 aliphatic carbocycles. The molecule has 1 saturated heterocycles. The fraction of sp³-hybridized carbons (Fsp3) is 0.533. The molecule has 1 atom stereocenters. The Kier molecular flexibility index (Phi) is 6.99. The van der Waals surface area contributed by atoms with Gasteiger partial charge in [-0.15, -0.1) is 12.4 Å². The van der Waals surface area contributed by atoms with E-state index in [9.17, 15) is 4.79 Å². The molecule has 0 bridgehead atoms. The average molecular weight is 298 g/mol. The van der Waals surface area contributed by atoms with E-state index in [0.29, 0.717) is 19.1 Å². The number of carbonyl (C=O) groups excluding carboxylic acids is 1. The third kappa shape index (κ3) is 5.12. The van der Waals surface area contributed by atoms with Gasteiger partial charge in [-0.05, 0) is 26.0 Å². The molecule has 20 heavy (non-hydrogen) atoms. The highest BCUT2D eigenvalue weighted by Gasteiger charge is 2.22. The zero-order chi connectivity index (χ0) is 13.7. The number of carbonyl (C=O) groups is 1. The molecule has 0 saturated carbocycles. The second kappa shape index (κ2) is 8.25. The van der Waals surface area contributed by atoms with Crippen molar-refractivity contribution in [1.29, 1.82) is 0 Å². The molecule has 1 amide bonds. The van der Waals surface area contributed by atoms with Crippen LogP contribution in [0.25, 0.3) is 0 Å². The molecule has 1 fully saturated rings. The number of rotatable bonds is 5. The van der Waals surface area contributed by atoms with E-state index in [1.54, 1.807) is 0 Å². The molecule has 1 aromatic rings. The third-order valence-corrected chi connectivity index (χ3v) is 3.66. The maximum atomic E-state index is 11.9. The highest BCUT2D eigenvalue weighted by molar-refractivity contribution is 5.85. The Balaban J connectivity index is 0.00000200. The van der Waals surface area contributed by atoms with E-state index in [1.165, 1.54) is 5.56 Å². The quantitative estimate of drug-likeness (QED) is 0.862. The number of likely N-dealkylation sites (tertiary alicyclic amines) is 1. The number of benzene rings is 1. The van der Waals surface area contributed by atoms with Crippen molar-refractivity contribution >= 4 is 18.3 Å². The first kappa shape index (κ1) is 17.0. The summed E-state index contributed by atoms with van der Waals surface area (Å²) in [5, 5.41) is 6.23. The molecule has 0 spiro atoms. The second-order valence-corrected chi connectivity index (χ2v) is 5.27. The molecule has 112 valence electrons. The van der Waals surface area contributed by atoms with Gasteiger partial charge in [-0.1, -0.05) is 29.8 Å². The molecule has 5 heteroatoms. The summed E-state index contributed by atoms with van der Waals surface area (Å²) in [6.45, 7) is 5.15. The number of aryl methyl sites for hydroxylation is 1. The van der Waals surface area contributed by atoms with Crippen molar-refractivity contribution in [1.82, 2.24) is 15.5 Å². The fourth-order valence-electron chi connectivity index (χ4n) is 2.38. The summed E-state index contributed by atoms with van der Waals surface area (Å²) in [6.07, 6.45) is 1.13. The van der Waals surface area contributed by atoms with Crippen molar-refractivity contribution in [3.63, 3.8) is 0 Å². The average Bonchev–Trinajstić information content (AvgIpc) is 2.86. The van der Waals surface area contributed by atoms with Crippen molar-refractivity contribution in [2.24, 2.45) is 0 Å². The Bertz CT molecular complexity index is 422. The van der Waals surface area contributed by atoms with Crippen molar-refractivity contribution in [3.05, 3.63) is 35.4 Å². The molecule has 0 radical (unpaired) electrons. The van der Waals surface area contributed by atoms with Crippen LogP contribution in [0.1, 0.15) is 17.5 Å². The van der Waals surface area contributed by atoms with Crippen molar-refractivity contribution in [2.45, 2.75) is 25.9 Å². The summed E-state index contributed by atoms with van der Waals surface area (Å²) < 4.78 is 0. The second-order valence-electron chi connectivity index (χ2n) is 5.27. The van der Waals surface area contributed by atoms with Crippen LogP contribution in [-0.2, 0) is 11.3 Å². The monoisotopic (exact) mass is 297 g/mol. The predicted octanol–water partition coefficient (Wildman–Crippen LogP) is 1.33. The molecule has 1 aliphatic heterocycles. The van der Waals surface area contributed by atoms with Crippen LogP contribution >= 0.6 is 12.4 Å². The maximum absolute atomic E-state index is 11.9. The van der Waals surface area contributed by atoms with Crippen LogP contribution in [0, 0.1) is 6.92 Å². The minimum absolute atomic E-state index is 0. The van der Waals surface area contributed by atoms with Crippen LogP contribution in [0.4, 0.5) is 0 Å². The molecule has 4 nitrogen and oxygen atoms in total. The van der Waals surface area contributed by atoms with E-state index in [2.05, 4.69) is 46.7 Å². The van der Waals surface area contributed by atoms with Gasteiger partial charge >= 0.3 is 0 Å². The number of hydrogen-bond acceptors (Lipinski definition) is 3. The van der Waals surface area contributed by atoms with Gasteiger partial charge in [0.15, 0.2) is 0 Å². The van der Waals surface area contributed by atoms with E-state index >= 15 is 0 Å². The number of likely N-dealkylation sites (N-methyl/N-ethyl adjacent to an activating group) is 1. The SMILES string of the molecule is CNC1CCN(CC(=O)NCc2ccc(C)cc2)C1.Cl. The first-order valence-corrected chi connectivity index (χ1v) is 6.89. The van der Waals surface area contributed by atoms with Crippen molar-refractivity contribution in [3.8, 4) is 0 Å². The maximum Gasteiger partial charge on any atom is 0.234 e. The highest BCUT2D eigenvalue weighted by Crippen LogP contribution is 2.08. The Labute approximate surface area is 127 Å². The standard InChI is InChI=1S/C15H23N3O.ClH/c1-12-3-5-13(6-4-12)9-17-15(19)11-18-8-7-14(10-18)16-2;/h3-6,14,16H,7-11H2,1-2H3,(H,17,19);1H. The van der Waals surface area contributed by atoms with Gasteiger partial charge in [0.1, 0.15) is 0 Å². The zero-order valence-corrected chi connectivity index (χ0v) is 13.0. The molecular weight excluding hydrogens is 274 g/mol. The largest absolute Gasteiger partial charge is 0.351 e. The third-order valence-electron chi connectivity index (χ3n) is 3.66. The lowest BCUT2D eigenvalue weighted by atomic mass is 10.1. The minimum Gasteiger partial charge on any atom is -0.351 e. The predicted molar refractivity (Wildman–Crippen MR) is 84.2 cm³/mol. The Hall–Kier alpha value is -1.10. The number of hydrogen-bond donors (Lipinski definition) is 2. The van der Waals surface area contributed by atoms with Crippen LogP contribution in [0.2, 0.25) is 0 Å². The lowest BCUT2D eigenvalue weighted by Crippen LogP contribution is -2.37. The van der Waals surface area contributed by atoms with Crippen molar-refractivity contribution < 1.29 is 4.79 Å². The number of halogens is 1. The molecule has 0 aromatic heterocycles. The van der Waals surface area contributed by atoms with E-state index in [4.69, 9.17) is 0 Å². The summed E-state index contributed by atoms with van der Waals surface area (Å²) in [4.78, 5) is 14.1. The van der Waals surface area contributed by atoms with Gasteiger partial charge in [0, 0.05) is 25.7 Å². The van der Waals surface area contributed by atoms with Gasteiger partial charge in [0.05, 0.1) is 6.54 Å². The van der Waals surface area contributed by atoms with E-state index in [0.717, 1.165) is 25.1 Å². The molecule has 2 N–H and O–H groups in total. The van der Waals surface area contributed by atoms with Crippen LogP contribution in [0.15, 0.2) is 24.3 Å². The minimum atomic E-state index is 0. The van der Waals surface area contributed by atoms with Gasteiger partial charge in [-0.25, -0.2) is 0 Å². The van der Waals surface area contributed by atoms with Gasteiger partial charge < -0.3 is 10.6 Å². The van der Waals surface area contributed by atoms with E-state index in [1.807, 2.05) is 7.05 Å². The van der Waals surface area contributed by atoms with E-state index < -0.39 is 0 Å². The molecular formula is C15H24ClN3O. The molecule has 1 unspecified atom stereocenters. The fourth-order valence-corrected chi connectivity index (χ4v) is 2.38. The van der Waals surface area contributed by atoms with Crippen LogP contribution in [0.5, 0.6) is 0 Å². The molecule has 1 aliphatic rings. The van der Waals surface area contributed by atoms with Crippen LogP contribution in [0.3, 0.4) is 0 Å².